The van der Waals surface area contributed by atoms with Crippen LogP contribution in [0.25, 0.3) is 22.2 Å². The molecule has 200 valence electrons. The lowest BCUT2D eigenvalue weighted by Crippen LogP contribution is -2.51. The number of aryl methyl sites for hydroxylation is 1. The number of rotatable bonds is 6. The van der Waals surface area contributed by atoms with E-state index in [1.807, 2.05) is 25.1 Å². The van der Waals surface area contributed by atoms with Crippen molar-refractivity contribution in [2.75, 3.05) is 44.8 Å². The molecule has 0 spiro atoms. The van der Waals surface area contributed by atoms with E-state index in [9.17, 15) is 0 Å². The van der Waals surface area contributed by atoms with Gasteiger partial charge < -0.3 is 19.7 Å². The number of pyridine rings is 1. The van der Waals surface area contributed by atoms with Gasteiger partial charge in [-0.3, -0.25) is 9.88 Å². The standard InChI is InChI=1S/C29H35FN6O2/c1-18-6-3-7-21(26(18)37-2)24-23(30)25-22(14-31-24)27(35-15-19-8-9-20(16-35)32-19)34-28(33-25)38-17-29-10-4-12-36(29)13-5-11-29/h3,6-7,14,19-20,32H,4-5,8-13,15-17H2,1-2H3. The highest BCUT2D eigenvalue weighted by molar-refractivity contribution is 5.92. The summed E-state index contributed by atoms with van der Waals surface area (Å²) in [7, 11) is 1.60. The number of fused-ring (bicyclic) bond motifs is 4. The van der Waals surface area contributed by atoms with Gasteiger partial charge in [-0.1, -0.05) is 12.1 Å². The summed E-state index contributed by atoms with van der Waals surface area (Å²) in [6.45, 7) is 6.39. The van der Waals surface area contributed by atoms with Crippen molar-refractivity contribution in [3.05, 3.63) is 35.8 Å². The van der Waals surface area contributed by atoms with Crippen molar-refractivity contribution in [1.29, 1.82) is 0 Å². The zero-order valence-electron chi connectivity index (χ0n) is 22.2. The normalized spacial score (nSPS) is 24.2. The average Bonchev–Trinajstić information content (AvgIpc) is 3.61. The van der Waals surface area contributed by atoms with Gasteiger partial charge in [0.25, 0.3) is 0 Å². The van der Waals surface area contributed by atoms with Crippen LogP contribution in [0.2, 0.25) is 0 Å². The molecule has 6 heterocycles. The van der Waals surface area contributed by atoms with Gasteiger partial charge in [-0.15, -0.1) is 0 Å². The van der Waals surface area contributed by atoms with Gasteiger partial charge in [0.15, 0.2) is 5.82 Å². The molecule has 1 N–H and O–H groups in total. The minimum absolute atomic E-state index is 0.0590. The number of hydrogen-bond acceptors (Lipinski definition) is 8. The number of methoxy groups -OCH3 is 1. The first-order chi connectivity index (χ1) is 18.5. The van der Waals surface area contributed by atoms with Crippen LogP contribution in [0.1, 0.15) is 44.1 Å². The number of hydrogen-bond donors (Lipinski definition) is 1. The number of benzene rings is 1. The lowest BCUT2D eigenvalue weighted by molar-refractivity contribution is 0.108. The number of nitrogens with zero attached hydrogens (tertiary/aromatic N) is 5. The van der Waals surface area contributed by atoms with Gasteiger partial charge in [0.05, 0.1) is 18.0 Å². The minimum atomic E-state index is -0.473. The predicted molar refractivity (Wildman–Crippen MR) is 144 cm³/mol. The highest BCUT2D eigenvalue weighted by Crippen LogP contribution is 2.40. The number of aromatic nitrogens is 3. The van der Waals surface area contributed by atoms with Crippen molar-refractivity contribution < 1.29 is 13.9 Å². The van der Waals surface area contributed by atoms with E-state index < -0.39 is 5.82 Å². The first-order valence-electron chi connectivity index (χ1n) is 13.9. The van der Waals surface area contributed by atoms with E-state index >= 15 is 4.39 Å². The van der Waals surface area contributed by atoms with Gasteiger partial charge in [-0.2, -0.15) is 9.97 Å². The molecule has 38 heavy (non-hydrogen) atoms. The number of piperazine rings is 1. The number of para-hydroxylation sites is 1. The van der Waals surface area contributed by atoms with Crippen molar-refractivity contribution in [1.82, 2.24) is 25.2 Å². The number of anilines is 1. The molecule has 7 rings (SSSR count). The highest BCUT2D eigenvalue weighted by Gasteiger charge is 2.45. The lowest BCUT2D eigenvalue weighted by Gasteiger charge is -2.34. The molecule has 2 bridgehead atoms. The third kappa shape index (κ3) is 3.90. The monoisotopic (exact) mass is 518 g/mol. The molecule has 4 aliphatic heterocycles. The SMILES string of the molecule is COc1c(C)cccc1-c1ncc2c(N3CC4CCC(C3)N4)nc(OCC34CCCN3CCC4)nc2c1F. The van der Waals surface area contributed by atoms with Crippen LogP contribution >= 0.6 is 0 Å². The zero-order chi connectivity index (χ0) is 25.9. The maximum absolute atomic E-state index is 16.3. The average molecular weight is 519 g/mol. The molecule has 0 amide bonds. The van der Waals surface area contributed by atoms with E-state index in [4.69, 9.17) is 14.5 Å². The molecular formula is C29H35FN6O2. The van der Waals surface area contributed by atoms with Gasteiger partial charge >= 0.3 is 6.01 Å². The molecule has 4 fully saturated rings. The van der Waals surface area contributed by atoms with Crippen molar-refractivity contribution in [3.8, 4) is 23.0 Å². The number of halogens is 1. The van der Waals surface area contributed by atoms with Crippen LogP contribution in [0.4, 0.5) is 10.2 Å². The Morgan fingerprint density at radius 2 is 1.87 bits per heavy atom. The van der Waals surface area contributed by atoms with E-state index in [1.54, 1.807) is 13.3 Å². The zero-order valence-corrected chi connectivity index (χ0v) is 22.2. The first-order valence-corrected chi connectivity index (χ1v) is 13.9. The minimum Gasteiger partial charge on any atom is -0.496 e. The fourth-order valence-corrected chi connectivity index (χ4v) is 7.25. The molecular weight excluding hydrogens is 483 g/mol. The smallest absolute Gasteiger partial charge is 0.319 e. The van der Waals surface area contributed by atoms with E-state index in [0.717, 1.165) is 57.4 Å². The molecule has 2 unspecified atom stereocenters. The van der Waals surface area contributed by atoms with E-state index in [-0.39, 0.29) is 22.8 Å². The summed E-state index contributed by atoms with van der Waals surface area (Å²) in [5.74, 6) is 0.855. The lowest BCUT2D eigenvalue weighted by atomic mass is 9.95. The fraction of sp³-hybridized carbons (Fsp3) is 0.552. The highest BCUT2D eigenvalue weighted by atomic mass is 19.1. The first kappa shape index (κ1) is 24.0. The van der Waals surface area contributed by atoms with Gasteiger partial charge in [-0.25, -0.2) is 4.39 Å². The van der Waals surface area contributed by atoms with Crippen molar-refractivity contribution in [3.63, 3.8) is 0 Å². The molecule has 1 aromatic carbocycles. The predicted octanol–water partition coefficient (Wildman–Crippen LogP) is 4.10. The molecule has 2 aromatic heterocycles. The maximum Gasteiger partial charge on any atom is 0.319 e. The number of ether oxygens (including phenoxy) is 2. The Morgan fingerprint density at radius 1 is 1.11 bits per heavy atom. The summed E-state index contributed by atoms with van der Waals surface area (Å²) < 4.78 is 28.3. The molecule has 9 heteroatoms. The van der Waals surface area contributed by atoms with Crippen LogP contribution in [0, 0.1) is 12.7 Å². The van der Waals surface area contributed by atoms with Crippen LogP contribution in [0.15, 0.2) is 24.4 Å². The summed E-state index contributed by atoms with van der Waals surface area (Å²) in [6.07, 6.45) is 8.66. The van der Waals surface area contributed by atoms with Crippen LogP contribution in [-0.2, 0) is 0 Å². The quantitative estimate of drug-likeness (QED) is 0.523. The number of nitrogens with one attached hydrogen (secondary N) is 1. The second kappa shape index (κ2) is 9.31. The third-order valence-electron chi connectivity index (χ3n) is 9.11. The van der Waals surface area contributed by atoms with Gasteiger partial charge in [0.1, 0.15) is 29.4 Å². The summed E-state index contributed by atoms with van der Waals surface area (Å²) in [6, 6.07) is 6.76. The Balaban J connectivity index is 1.32. The largest absolute Gasteiger partial charge is 0.496 e. The summed E-state index contributed by atoms with van der Waals surface area (Å²) >= 11 is 0. The molecule has 4 saturated heterocycles. The Morgan fingerprint density at radius 3 is 2.61 bits per heavy atom. The van der Waals surface area contributed by atoms with E-state index in [2.05, 4.69) is 25.1 Å². The molecule has 3 aromatic rings. The molecule has 0 radical (unpaired) electrons. The van der Waals surface area contributed by atoms with Gasteiger partial charge in [0.2, 0.25) is 0 Å². The molecule has 4 aliphatic rings. The molecule has 0 aliphatic carbocycles. The second-order valence-electron chi connectivity index (χ2n) is 11.4. The Hall–Kier alpha value is -3.04. The molecule has 0 saturated carbocycles. The molecule has 8 nitrogen and oxygen atoms in total. The summed E-state index contributed by atoms with van der Waals surface area (Å²) in [5.41, 5.74) is 2.07. The summed E-state index contributed by atoms with van der Waals surface area (Å²) in [5, 5.41) is 4.29. The maximum atomic E-state index is 16.3. The topological polar surface area (TPSA) is 75.6 Å². The Labute approximate surface area is 222 Å². The van der Waals surface area contributed by atoms with Gasteiger partial charge in [0, 0.05) is 36.9 Å². The fourth-order valence-electron chi connectivity index (χ4n) is 7.25. The second-order valence-corrected chi connectivity index (χ2v) is 11.4. The van der Waals surface area contributed by atoms with E-state index in [0.29, 0.717) is 41.2 Å². The third-order valence-corrected chi connectivity index (χ3v) is 9.11. The molecule has 2 atom stereocenters. The Bertz CT molecular complexity index is 1360. The van der Waals surface area contributed by atoms with E-state index in [1.165, 1.54) is 12.8 Å². The van der Waals surface area contributed by atoms with Crippen molar-refractivity contribution >= 4 is 16.7 Å². The Kier molecular flexibility index (Phi) is 5.89. The van der Waals surface area contributed by atoms with Crippen LogP contribution in [-0.4, -0.2) is 77.4 Å². The van der Waals surface area contributed by atoms with Crippen LogP contribution < -0.4 is 19.7 Å². The van der Waals surface area contributed by atoms with Gasteiger partial charge in [-0.05, 0) is 70.2 Å². The summed E-state index contributed by atoms with van der Waals surface area (Å²) in [4.78, 5) is 19.0. The van der Waals surface area contributed by atoms with Crippen molar-refractivity contribution in [2.24, 2.45) is 0 Å². The van der Waals surface area contributed by atoms with Crippen molar-refractivity contribution in [2.45, 2.75) is 63.1 Å². The van der Waals surface area contributed by atoms with Crippen LogP contribution in [0.5, 0.6) is 11.8 Å². The van der Waals surface area contributed by atoms with Crippen LogP contribution in [0.3, 0.4) is 0 Å².